The SMILES string of the molecule is C[C@H](Nc1ccccc1I)C1CC1. The highest BCUT2D eigenvalue weighted by Gasteiger charge is 2.27. The van der Waals surface area contributed by atoms with E-state index in [1.54, 1.807) is 0 Å². The van der Waals surface area contributed by atoms with Crippen molar-refractivity contribution in [2.24, 2.45) is 5.92 Å². The number of hydrogen-bond donors (Lipinski definition) is 1. The second-order valence-corrected chi connectivity index (χ2v) is 4.91. The number of halogens is 1. The molecule has 0 aromatic heterocycles. The first-order valence-corrected chi connectivity index (χ1v) is 5.86. The summed E-state index contributed by atoms with van der Waals surface area (Å²) in [5, 5.41) is 3.56. The summed E-state index contributed by atoms with van der Waals surface area (Å²) in [5.41, 5.74) is 1.28. The molecule has 1 fully saturated rings. The molecule has 1 atom stereocenters. The summed E-state index contributed by atoms with van der Waals surface area (Å²) in [6.07, 6.45) is 2.80. The van der Waals surface area contributed by atoms with Gasteiger partial charge in [-0.15, -0.1) is 0 Å². The van der Waals surface area contributed by atoms with Crippen LogP contribution in [0, 0.1) is 9.49 Å². The number of nitrogens with one attached hydrogen (secondary N) is 1. The third-order valence-electron chi connectivity index (χ3n) is 2.59. The lowest BCUT2D eigenvalue weighted by Gasteiger charge is -2.15. The van der Waals surface area contributed by atoms with Crippen molar-refractivity contribution in [3.63, 3.8) is 0 Å². The molecule has 1 N–H and O–H groups in total. The Balaban J connectivity index is 2.03. The first-order chi connectivity index (χ1) is 6.27. The van der Waals surface area contributed by atoms with E-state index in [4.69, 9.17) is 0 Å². The third kappa shape index (κ3) is 2.36. The zero-order chi connectivity index (χ0) is 9.26. The van der Waals surface area contributed by atoms with E-state index in [2.05, 4.69) is 59.1 Å². The standard InChI is InChI=1S/C11H14IN/c1-8(9-6-7-9)13-11-5-3-2-4-10(11)12/h2-5,8-9,13H,6-7H2,1H3/t8-/m0/s1. The van der Waals surface area contributed by atoms with Gasteiger partial charge in [-0.05, 0) is 60.4 Å². The number of rotatable bonds is 3. The summed E-state index contributed by atoms with van der Waals surface area (Å²) in [6.45, 7) is 2.28. The average Bonchev–Trinajstić information content (AvgIpc) is 2.91. The van der Waals surface area contributed by atoms with Crippen molar-refractivity contribution in [2.45, 2.75) is 25.8 Å². The number of para-hydroxylation sites is 1. The Morgan fingerprint density at radius 1 is 1.38 bits per heavy atom. The van der Waals surface area contributed by atoms with Gasteiger partial charge >= 0.3 is 0 Å². The molecule has 1 saturated carbocycles. The summed E-state index contributed by atoms with van der Waals surface area (Å²) in [4.78, 5) is 0. The lowest BCUT2D eigenvalue weighted by Crippen LogP contribution is -2.17. The maximum absolute atomic E-state index is 3.56. The van der Waals surface area contributed by atoms with Crippen LogP contribution in [0.5, 0.6) is 0 Å². The molecule has 0 unspecified atom stereocenters. The number of hydrogen-bond acceptors (Lipinski definition) is 1. The molecule has 0 heterocycles. The Kier molecular flexibility index (Phi) is 2.77. The minimum absolute atomic E-state index is 0.635. The molecule has 0 saturated heterocycles. The lowest BCUT2D eigenvalue weighted by atomic mass is 10.2. The fourth-order valence-corrected chi connectivity index (χ4v) is 2.08. The van der Waals surface area contributed by atoms with Crippen LogP contribution >= 0.6 is 22.6 Å². The molecular weight excluding hydrogens is 273 g/mol. The van der Waals surface area contributed by atoms with Crippen LogP contribution in [0.1, 0.15) is 19.8 Å². The fraction of sp³-hybridized carbons (Fsp3) is 0.455. The van der Waals surface area contributed by atoms with Crippen LogP contribution in [0.15, 0.2) is 24.3 Å². The Morgan fingerprint density at radius 2 is 2.08 bits per heavy atom. The first-order valence-electron chi connectivity index (χ1n) is 4.78. The molecule has 2 rings (SSSR count). The smallest absolute Gasteiger partial charge is 0.0478 e. The zero-order valence-electron chi connectivity index (χ0n) is 7.76. The van der Waals surface area contributed by atoms with Crippen molar-refractivity contribution in [3.05, 3.63) is 27.8 Å². The van der Waals surface area contributed by atoms with Crippen LogP contribution in [0.25, 0.3) is 0 Å². The van der Waals surface area contributed by atoms with E-state index in [1.165, 1.54) is 22.1 Å². The fourth-order valence-electron chi connectivity index (χ4n) is 1.54. The molecule has 1 aromatic rings. The highest BCUT2D eigenvalue weighted by atomic mass is 127. The molecule has 1 aliphatic carbocycles. The van der Waals surface area contributed by atoms with Gasteiger partial charge in [-0.2, -0.15) is 0 Å². The van der Waals surface area contributed by atoms with Crippen LogP contribution in [0.2, 0.25) is 0 Å². The highest BCUT2D eigenvalue weighted by Crippen LogP contribution is 2.34. The van der Waals surface area contributed by atoms with E-state index in [0.717, 1.165) is 5.92 Å². The van der Waals surface area contributed by atoms with E-state index < -0.39 is 0 Å². The molecular formula is C11H14IN. The van der Waals surface area contributed by atoms with Gasteiger partial charge in [0.1, 0.15) is 0 Å². The van der Waals surface area contributed by atoms with Gasteiger partial charge in [0.2, 0.25) is 0 Å². The summed E-state index contributed by atoms with van der Waals surface area (Å²) in [6, 6.07) is 9.10. The molecule has 0 amide bonds. The van der Waals surface area contributed by atoms with Crippen LogP contribution in [0.4, 0.5) is 5.69 Å². The van der Waals surface area contributed by atoms with Crippen molar-refractivity contribution in [2.75, 3.05) is 5.32 Å². The van der Waals surface area contributed by atoms with Crippen molar-refractivity contribution in [1.29, 1.82) is 0 Å². The van der Waals surface area contributed by atoms with Gasteiger partial charge in [0.05, 0.1) is 0 Å². The van der Waals surface area contributed by atoms with E-state index in [-0.39, 0.29) is 0 Å². The Labute approximate surface area is 93.1 Å². The maximum atomic E-state index is 3.56. The molecule has 13 heavy (non-hydrogen) atoms. The molecule has 1 aliphatic rings. The van der Waals surface area contributed by atoms with Crippen molar-refractivity contribution in [1.82, 2.24) is 0 Å². The Hall–Kier alpha value is -0.250. The molecule has 0 spiro atoms. The van der Waals surface area contributed by atoms with E-state index in [9.17, 15) is 0 Å². The van der Waals surface area contributed by atoms with Gasteiger partial charge in [0.15, 0.2) is 0 Å². The normalized spacial score (nSPS) is 18.3. The van der Waals surface area contributed by atoms with E-state index in [0.29, 0.717) is 6.04 Å². The number of benzene rings is 1. The predicted molar refractivity (Wildman–Crippen MR) is 65.0 cm³/mol. The van der Waals surface area contributed by atoms with Gasteiger partial charge in [0, 0.05) is 15.3 Å². The van der Waals surface area contributed by atoms with E-state index >= 15 is 0 Å². The average molecular weight is 287 g/mol. The van der Waals surface area contributed by atoms with Gasteiger partial charge in [-0.1, -0.05) is 12.1 Å². The minimum Gasteiger partial charge on any atom is -0.381 e. The monoisotopic (exact) mass is 287 g/mol. The molecule has 1 aromatic carbocycles. The highest BCUT2D eigenvalue weighted by molar-refractivity contribution is 14.1. The van der Waals surface area contributed by atoms with Crippen LogP contribution in [-0.2, 0) is 0 Å². The van der Waals surface area contributed by atoms with E-state index in [1.807, 2.05) is 0 Å². The second kappa shape index (κ2) is 3.86. The second-order valence-electron chi connectivity index (χ2n) is 3.75. The van der Waals surface area contributed by atoms with Crippen LogP contribution in [-0.4, -0.2) is 6.04 Å². The Morgan fingerprint density at radius 3 is 2.69 bits per heavy atom. The van der Waals surface area contributed by atoms with Crippen molar-refractivity contribution < 1.29 is 0 Å². The third-order valence-corrected chi connectivity index (χ3v) is 3.53. The van der Waals surface area contributed by atoms with Gasteiger partial charge < -0.3 is 5.32 Å². The Bertz CT molecular complexity index is 294. The van der Waals surface area contributed by atoms with Crippen LogP contribution in [0.3, 0.4) is 0 Å². The summed E-state index contributed by atoms with van der Waals surface area (Å²) in [5.74, 6) is 0.913. The summed E-state index contributed by atoms with van der Waals surface area (Å²) >= 11 is 2.38. The van der Waals surface area contributed by atoms with Gasteiger partial charge in [-0.25, -0.2) is 0 Å². The van der Waals surface area contributed by atoms with Crippen LogP contribution < -0.4 is 5.32 Å². The van der Waals surface area contributed by atoms with Crippen molar-refractivity contribution in [3.8, 4) is 0 Å². The van der Waals surface area contributed by atoms with Gasteiger partial charge in [-0.3, -0.25) is 0 Å². The molecule has 0 aliphatic heterocycles. The quantitative estimate of drug-likeness (QED) is 0.839. The molecule has 0 radical (unpaired) electrons. The molecule has 1 nitrogen and oxygen atoms in total. The topological polar surface area (TPSA) is 12.0 Å². The summed E-state index contributed by atoms with van der Waals surface area (Å²) < 4.78 is 1.31. The lowest BCUT2D eigenvalue weighted by molar-refractivity contribution is 0.694. The van der Waals surface area contributed by atoms with Crippen molar-refractivity contribution >= 4 is 28.3 Å². The number of anilines is 1. The predicted octanol–water partition coefficient (Wildman–Crippen LogP) is 3.50. The molecule has 0 bridgehead atoms. The first kappa shape index (κ1) is 9.31. The van der Waals surface area contributed by atoms with Gasteiger partial charge in [0.25, 0.3) is 0 Å². The minimum atomic E-state index is 0.635. The molecule has 2 heteroatoms. The zero-order valence-corrected chi connectivity index (χ0v) is 9.91. The summed E-state index contributed by atoms with van der Waals surface area (Å²) in [7, 11) is 0. The molecule has 70 valence electrons. The largest absolute Gasteiger partial charge is 0.381 e. The maximum Gasteiger partial charge on any atom is 0.0478 e.